The van der Waals surface area contributed by atoms with E-state index >= 15 is 0 Å². The van der Waals surface area contributed by atoms with Crippen LogP contribution in [0.2, 0.25) is 0 Å². The molecule has 4 heterocycles. The fraction of sp³-hybridized carbons (Fsp3) is 0.400. The molecule has 1 aliphatic carbocycles. The van der Waals surface area contributed by atoms with Crippen LogP contribution in [-0.4, -0.2) is 62.8 Å². The predicted molar refractivity (Wildman–Crippen MR) is 90.5 cm³/mol. The number of sulfonamides is 1. The zero-order chi connectivity index (χ0) is 17.1. The molecule has 0 radical (unpaired) electrons. The van der Waals surface area contributed by atoms with Crippen LogP contribution in [0.15, 0.2) is 36.1 Å². The summed E-state index contributed by atoms with van der Waals surface area (Å²) >= 11 is 0. The molecule has 1 saturated carbocycles. The summed E-state index contributed by atoms with van der Waals surface area (Å²) in [5.74, 6) is 0.854. The smallest absolute Gasteiger partial charge is 0.277 e. The van der Waals surface area contributed by atoms with Crippen molar-refractivity contribution in [1.82, 2.24) is 29.2 Å². The summed E-state index contributed by atoms with van der Waals surface area (Å²) in [4.78, 5) is 20.6. The van der Waals surface area contributed by atoms with Crippen molar-refractivity contribution in [2.24, 2.45) is 0 Å². The van der Waals surface area contributed by atoms with E-state index in [1.165, 1.54) is 12.4 Å². The molecule has 0 aromatic carbocycles. The number of rotatable bonds is 3. The first-order valence-corrected chi connectivity index (χ1v) is 9.59. The topological polar surface area (TPSA) is 111 Å². The highest BCUT2D eigenvalue weighted by atomic mass is 32.2. The largest absolute Gasteiger partial charge is 0.353 e. The molecule has 3 aromatic heterocycles. The van der Waals surface area contributed by atoms with E-state index in [1.54, 1.807) is 10.6 Å². The van der Waals surface area contributed by atoms with Crippen molar-refractivity contribution in [2.75, 3.05) is 24.5 Å². The van der Waals surface area contributed by atoms with E-state index in [9.17, 15) is 8.42 Å². The van der Waals surface area contributed by atoms with Crippen molar-refractivity contribution in [3.05, 3.63) is 31.0 Å². The molecule has 1 aliphatic heterocycles. The fourth-order valence-corrected chi connectivity index (χ4v) is 5.37. The SMILES string of the molecule is O=S(=O)(c1ncc[nH]1)N1CCN(c2ncnc3[nH]ccc23)CC12CC2. The van der Waals surface area contributed by atoms with Crippen molar-refractivity contribution in [1.29, 1.82) is 0 Å². The minimum atomic E-state index is -3.60. The summed E-state index contributed by atoms with van der Waals surface area (Å²) in [6, 6.07) is 1.95. The number of H-pyrrole nitrogens is 2. The van der Waals surface area contributed by atoms with Crippen molar-refractivity contribution < 1.29 is 8.42 Å². The van der Waals surface area contributed by atoms with Gasteiger partial charge >= 0.3 is 0 Å². The highest BCUT2D eigenvalue weighted by Crippen LogP contribution is 2.47. The molecule has 1 spiro atoms. The van der Waals surface area contributed by atoms with Crippen molar-refractivity contribution in [3.8, 4) is 0 Å². The van der Waals surface area contributed by atoms with Gasteiger partial charge in [0.1, 0.15) is 17.8 Å². The van der Waals surface area contributed by atoms with Gasteiger partial charge in [0.25, 0.3) is 10.0 Å². The summed E-state index contributed by atoms with van der Waals surface area (Å²) in [6.45, 7) is 1.63. The minimum absolute atomic E-state index is 0.0160. The fourth-order valence-electron chi connectivity index (χ4n) is 3.68. The summed E-state index contributed by atoms with van der Waals surface area (Å²) in [5.41, 5.74) is 0.428. The summed E-state index contributed by atoms with van der Waals surface area (Å²) in [6.07, 6.45) is 8.08. The number of imidazole rings is 1. The first-order chi connectivity index (χ1) is 12.1. The third kappa shape index (κ3) is 2.17. The Kier molecular flexibility index (Phi) is 2.98. The first-order valence-electron chi connectivity index (χ1n) is 8.15. The Morgan fingerprint density at radius 2 is 1.96 bits per heavy atom. The maximum Gasteiger partial charge on any atom is 0.277 e. The van der Waals surface area contributed by atoms with Gasteiger partial charge in [-0.15, -0.1) is 0 Å². The summed E-state index contributed by atoms with van der Waals surface area (Å²) < 4.78 is 27.4. The molecule has 9 nitrogen and oxygen atoms in total. The Bertz CT molecular complexity index is 1020. The predicted octanol–water partition coefficient (Wildman–Crippen LogP) is 0.724. The van der Waals surface area contributed by atoms with Gasteiger partial charge in [0.05, 0.1) is 10.9 Å². The number of hydrogen-bond acceptors (Lipinski definition) is 6. The van der Waals surface area contributed by atoms with Gasteiger partial charge in [0, 0.05) is 38.2 Å². The number of nitrogens with zero attached hydrogens (tertiary/aromatic N) is 5. The molecule has 1 saturated heterocycles. The number of nitrogens with one attached hydrogen (secondary N) is 2. The molecule has 2 aliphatic rings. The molecule has 3 aromatic rings. The van der Waals surface area contributed by atoms with Crippen LogP contribution in [0.5, 0.6) is 0 Å². The van der Waals surface area contributed by atoms with E-state index in [0.29, 0.717) is 19.6 Å². The van der Waals surface area contributed by atoms with E-state index in [1.807, 2.05) is 12.3 Å². The number of aromatic nitrogens is 5. The van der Waals surface area contributed by atoms with Crippen molar-refractivity contribution in [3.63, 3.8) is 0 Å². The van der Waals surface area contributed by atoms with Crippen LogP contribution in [0.1, 0.15) is 12.8 Å². The van der Waals surface area contributed by atoms with E-state index in [2.05, 4.69) is 29.8 Å². The first kappa shape index (κ1) is 14.8. The second-order valence-corrected chi connectivity index (χ2v) is 8.33. The maximum atomic E-state index is 12.9. The lowest BCUT2D eigenvalue weighted by molar-refractivity contribution is 0.269. The van der Waals surface area contributed by atoms with Crippen LogP contribution < -0.4 is 4.90 Å². The standard InChI is InChI=1S/C15H17N7O2S/c23-25(24,14-17-5-6-18-14)22-8-7-21(9-15(22)2-3-15)13-11-1-4-16-12(11)19-10-20-13/h1,4-6,10H,2-3,7-9H2,(H,17,18)(H,16,19,20). The van der Waals surface area contributed by atoms with E-state index in [0.717, 1.165) is 29.7 Å². The zero-order valence-electron chi connectivity index (χ0n) is 13.4. The lowest BCUT2D eigenvalue weighted by Crippen LogP contribution is -2.57. The van der Waals surface area contributed by atoms with Crippen LogP contribution in [-0.2, 0) is 10.0 Å². The van der Waals surface area contributed by atoms with Gasteiger partial charge in [-0.1, -0.05) is 0 Å². The van der Waals surface area contributed by atoms with Crippen LogP contribution in [0.4, 0.5) is 5.82 Å². The maximum absolute atomic E-state index is 12.9. The van der Waals surface area contributed by atoms with Crippen molar-refractivity contribution >= 4 is 26.9 Å². The molecular formula is C15H17N7O2S. The van der Waals surface area contributed by atoms with E-state index < -0.39 is 10.0 Å². The average Bonchev–Trinajstić information content (AvgIpc) is 3.08. The summed E-state index contributed by atoms with van der Waals surface area (Å²) in [5, 5.41) is 0.975. The van der Waals surface area contributed by atoms with Gasteiger partial charge < -0.3 is 14.9 Å². The highest BCUT2D eigenvalue weighted by Gasteiger charge is 2.56. The van der Waals surface area contributed by atoms with Crippen LogP contribution in [0, 0.1) is 0 Å². The number of aromatic amines is 2. The molecule has 0 amide bonds. The molecule has 0 atom stereocenters. The van der Waals surface area contributed by atoms with Crippen molar-refractivity contribution in [2.45, 2.75) is 23.5 Å². The van der Waals surface area contributed by atoms with Gasteiger partial charge in [0.15, 0.2) is 0 Å². The second kappa shape index (κ2) is 5.02. The van der Waals surface area contributed by atoms with Gasteiger partial charge in [0.2, 0.25) is 5.16 Å². The molecule has 130 valence electrons. The van der Waals surface area contributed by atoms with Gasteiger partial charge in [-0.05, 0) is 18.9 Å². The monoisotopic (exact) mass is 359 g/mol. The number of anilines is 1. The molecule has 2 fully saturated rings. The third-order valence-corrected chi connectivity index (χ3v) is 6.92. The van der Waals surface area contributed by atoms with Gasteiger partial charge in [-0.3, -0.25) is 0 Å². The lowest BCUT2D eigenvalue weighted by atomic mass is 10.2. The Morgan fingerprint density at radius 3 is 2.72 bits per heavy atom. The number of fused-ring (bicyclic) bond motifs is 1. The Morgan fingerprint density at radius 1 is 1.08 bits per heavy atom. The van der Waals surface area contributed by atoms with Gasteiger partial charge in [-0.2, -0.15) is 4.31 Å². The molecule has 10 heteroatoms. The molecule has 2 N–H and O–H groups in total. The zero-order valence-corrected chi connectivity index (χ0v) is 14.2. The molecule has 5 rings (SSSR count). The third-order valence-electron chi connectivity index (χ3n) is 5.05. The Balaban J connectivity index is 1.48. The molecule has 0 unspecified atom stereocenters. The van der Waals surface area contributed by atoms with Crippen LogP contribution in [0.25, 0.3) is 11.0 Å². The molecule has 25 heavy (non-hydrogen) atoms. The van der Waals surface area contributed by atoms with E-state index in [4.69, 9.17) is 0 Å². The Labute approximate surface area is 144 Å². The Hall–Kier alpha value is -2.46. The highest BCUT2D eigenvalue weighted by molar-refractivity contribution is 7.89. The quantitative estimate of drug-likeness (QED) is 0.713. The normalized spacial score (nSPS) is 20.4. The number of piperazine rings is 1. The molecular weight excluding hydrogens is 342 g/mol. The van der Waals surface area contributed by atoms with Crippen LogP contribution >= 0.6 is 0 Å². The lowest BCUT2D eigenvalue weighted by Gasteiger charge is -2.41. The second-order valence-electron chi connectivity index (χ2n) is 6.55. The summed E-state index contributed by atoms with van der Waals surface area (Å²) in [7, 11) is -3.60. The minimum Gasteiger partial charge on any atom is -0.353 e. The van der Waals surface area contributed by atoms with Gasteiger partial charge in [-0.25, -0.2) is 23.4 Å². The van der Waals surface area contributed by atoms with Crippen LogP contribution in [0.3, 0.4) is 0 Å². The number of hydrogen-bond donors (Lipinski definition) is 2. The molecule has 0 bridgehead atoms. The van der Waals surface area contributed by atoms with E-state index in [-0.39, 0.29) is 10.7 Å². The average molecular weight is 359 g/mol.